The van der Waals surface area contributed by atoms with Crippen LogP contribution in [-0.2, 0) is 16.6 Å². The Balaban J connectivity index is 1.91. The van der Waals surface area contributed by atoms with Crippen LogP contribution in [0.5, 0.6) is 0 Å². The lowest BCUT2D eigenvalue weighted by atomic mass is 9.84. The Morgan fingerprint density at radius 2 is 1.82 bits per heavy atom. The topological polar surface area (TPSA) is 40.5 Å². The highest BCUT2D eigenvalue weighted by atomic mass is 16.3. The lowest BCUT2D eigenvalue weighted by Crippen LogP contribution is -2.33. The molecule has 1 amide bonds. The van der Waals surface area contributed by atoms with Crippen LogP contribution in [0.2, 0.25) is 0 Å². The molecule has 0 saturated heterocycles. The molecule has 22 heavy (non-hydrogen) atoms. The Labute approximate surface area is 131 Å². The van der Waals surface area contributed by atoms with Gasteiger partial charge in [0.2, 0.25) is 5.91 Å². The molecule has 0 spiro atoms. The predicted molar refractivity (Wildman–Crippen MR) is 88.0 cm³/mol. The van der Waals surface area contributed by atoms with Crippen LogP contribution in [0.3, 0.4) is 0 Å². The second-order valence-corrected chi connectivity index (χ2v) is 6.47. The van der Waals surface area contributed by atoms with Gasteiger partial charge in [-0.25, -0.2) is 0 Å². The number of carbonyl (C=O) groups excluding carboxylic acids is 1. The van der Waals surface area contributed by atoms with E-state index in [4.69, 9.17) is 0 Å². The summed E-state index contributed by atoms with van der Waals surface area (Å²) in [5.41, 5.74) is 3.35. The van der Waals surface area contributed by atoms with Crippen molar-refractivity contribution in [2.45, 2.75) is 31.8 Å². The molecule has 0 bridgehead atoms. The van der Waals surface area contributed by atoms with Gasteiger partial charge in [0.15, 0.2) is 0 Å². The summed E-state index contributed by atoms with van der Waals surface area (Å²) in [5.74, 6) is 0.0946. The van der Waals surface area contributed by atoms with Gasteiger partial charge in [-0.05, 0) is 36.6 Å². The molecule has 3 nitrogen and oxygen atoms in total. The Morgan fingerprint density at radius 1 is 1.14 bits per heavy atom. The Kier molecular flexibility index (Phi) is 3.53. The summed E-state index contributed by atoms with van der Waals surface area (Å²) < 4.78 is 0. The lowest BCUT2D eigenvalue weighted by molar-refractivity contribution is -0.121. The lowest BCUT2D eigenvalue weighted by Gasteiger charge is -2.18. The third-order valence-electron chi connectivity index (χ3n) is 4.55. The maximum Gasteiger partial charge on any atom is 0.236 e. The van der Waals surface area contributed by atoms with Gasteiger partial charge in [0.05, 0.1) is 11.5 Å². The van der Waals surface area contributed by atoms with Crippen LogP contribution in [0, 0.1) is 0 Å². The average Bonchev–Trinajstić information content (AvgIpc) is 2.69. The van der Waals surface area contributed by atoms with Crippen LogP contribution < -0.4 is 4.90 Å². The maximum atomic E-state index is 12.3. The van der Waals surface area contributed by atoms with E-state index < -0.39 is 11.5 Å². The molecular formula is C19H21NO2. The molecule has 114 valence electrons. The first-order valence-electron chi connectivity index (χ1n) is 7.56. The van der Waals surface area contributed by atoms with Gasteiger partial charge < -0.3 is 10.0 Å². The van der Waals surface area contributed by atoms with Gasteiger partial charge in [-0.15, -0.1) is 0 Å². The molecule has 1 aliphatic rings. The van der Waals surface area contributed by atoms with Crippen molar-refractivity contribution in [2.24, 2.45) is 0 Å². The van der Waals surface area contributed by atoms with Gasteiger partial charge in [0.1, 0.15) is 0 Å². The van der Waals surface area contributed by atoms with E-state index in [2.05, 4.69) is 0 Å². The fourth-order valence-corrected chi connectivity index (χ4v) is 3.15. The molecule has 0 radical (unpaired) electrons. The highest BCUT2D eigenvalue weighted by Crippen LogP contribution is 2.41. The minimum absolute atomic E-state index is 0.0946. The first kappa shape index (κ1) is 14.8. The number of carbonyl (C=O) groups is 1. The molecule has 0 saturated carbocycles. The predicted octanol–water partition coefficient (Wildman–Crippen LogP) is 3.22. The number of fused-ring (bicyclic) bond motifs is 1. The van der Waals surface area contributed by atoms with E-state index >= 15 is 0 Å². The average molecular weight is 295 g/mol. The van der Waals surface area contributed by atoms with Gasteiger partial charge in [0, 0.05) is 19.2 Å². The molecule has 0 aromatic heterocycles. The summed E-state index contributed by atoms with van der Waals surface area (Å²) in [6.07, 6.45) is 0.00798. The molecule has 0 fully saturated rings. The maximum absolute atomic E-state index is 12.3. The van der Waals surface area contributed by atoms with Crippen molar-refractivity contribution < 1.29 is 9.90 Å². The van der Waals surface area contributed by atoms with E-state index in [1.807, 2.05) is 62.4 Å². The molecule has 1 atom stereocenters. The van der Waals surface area contributed by atoms with E-state index in [-0.39, 0.29) is 5.91 Å². The summed E-state index contributed by atoms with van der Waals surface area (Å²) in [6, 6.07) is 15.8. The SMILES string of the molecule is CN1C(=O)C(C)(C)c2cc(C(O)Cc3ccccc3)ccc21. The smallest absolute Gasteiger partial charge is 0.236 e. The standard InChI is InChI=1S/C19H21NO2/c1-19(2)15-12-14(9-10-16(15)20(3)18(19)22)17(21)11-13-7-5-4-6-8-13/h4-10,12,17,21H,11H2,1-3H3. The summed E-state index contributed by atoms with van der Waals surface area (Å²) >= 11 is 0. The number of hydrogen-bond donors (Lipinski definition) is 1. The Hall–Kier alpha value is -2.13. The van der Waals surface area contributed by atoms with Crippen molar-refractivity contribution in [3.8, 4) is 0 Å². The quantitative estimate of drug-likeness (QED) is 0.944. The number of amides is 1. The highest BCUT2D eigenvalue weighted by molar-refractivity contribution is 6.07. The van der Waals surface area contributed by atoms with Crippen molar-refractivity contribution >= 4 is 11.6 Å². The van der Waals surface area contributed by atoms with E-state index in [9.17, 15) is 9.90 Å². The fourth-order valence-electron chi connectivity index (χ4n) is 3.15. The molecular weight excluding hydrogens is 274 g/mol. The van der Waals surface area contributed by atoms with Crippen LogP contribution in [0.1, 0.15) is 36.6 Å². The number of rotatable bonds is 3. The van der Waals surface area contributed by atoms with Crippen molar-refractivity contribution in [3.05, 3.63) is 65.2 Å². The minimum Gasteiger partial charge on any atom is -0.388 e. The number of aliphatic hydroxyl groups is 1. The van der Waals surface area contributed by atoms with E-state index in [1.165, 1.54) is 0 Å². The molecule has 3 heteroatoms. The number of benzene rings is 2. The number of anilines is 1. The Bertz CT molecular complexity index is 707. The monoisotopic (exact) mass is 295 g/mol. The van der Waals surface area contributed by atoms with Crippen LogP contribution >= 0.6 is 0 Å². The van der Waals surface area contributed by atoms with Gasteiger partial charge in [-0.3, -0.25) is 4.79 Å². The van der Waals surface area contributed by atoms with Gasteiger partial charge >= 0.3 is 0 Å². The summed E-state index contributed by atoms with van der Waals surface area (Å²) in [5, 5.41) is 10.5. The largest absolute Gasteiger partial charge is 0.388 e. The Morgan fingerprint density at radius 3 is 2.50 bits per heavy atom. The van der Waals surface area contributed by atoms with Gasteiger partial charge in [-0.2, -0.15) is 0 Å². The van der Waals surface area contributed by atoms with Crippen molar-refractivity contribution in [3.63, 3.8) is 0 Å². The second kappa shape index (κ2) is 5.25. The molecule has 1 aliphatic heterocycles. The third kappa shape index (κ3) is 2.32. The molecule has 2 aromatic carbocycles. The zero-order valence-electron chi connectivity index (χ0n) is 13.2. The van der Waals surface area contributed by atoms with Crippen molar-refractivity contribution in [1.29, 1.82) is 0 Å². The zero-order chi connectivity index (χ0) is 15.9. The number of hydrogen-bond acceptors (Lipinski definition) is 2. The zero-order valence-corrected chi connectivity index (χ0v) is 13.2. The second-order valence-electron chi connectivity index (χ2n) is 6.47. The third-order valence-corrected chi connectivity index (χ3v) is 4.55. The molecule has 1 N–H and O–H groups in total. The normalized spacial score (nSPS) is 17.5. The molecule has 1 unspecified atom stereocenters. The van der Waals surface area contributed by atoms with Crippen LogP contribution in [0.4, 0.5) is 5.69 Å². The van der Waals surface area contributed by atoms with Crippen LogP contribution in [-0.4, -0.2) is 18.1 Å². The molecule has 1 heterocycles. The summed E-state index contributed by atoms with van der Waals surface area (Å²) in [6.45, 7) is 3.87. The van der Waals surface area contributed by atoms with Crippen LogP contribution in [0.15, 0.2) is 48.5 Å². The number of nitrogens with zero attached hydrogens (tertiary/aromatic N) is 1. The first-order chi connectivity index (χ1) is 10.4. The summed E-state index contributed by atoms with van der Waals surface area (Å²) in [4.78, 5) is 14.0. The minimum atomic E-state index is -0.565. The van der Waals surface area contributed by atoms with E-state index in [1.54, 1.807) is 11.9 Å². The first-order valence-corrected chi connectivity index (χ1v) is 7.56. The summed E-state index contributed by atoms with van der Waals surface area (Å²) in [7, 11) is 1.80. The number of likely N-dealkylation sites (N-methyl/N-ethyl adjacent to an activating group) is 1. The van der Waals surface area contributed by atoms with Gasteiger partial charge in [0.25, 0.3) is 0 Å². The van der Waals surface area contributed by atoms with E-state index in [0.717, 1.165) is 22.4 Å². The van der Waals surface area contributed by atoms with Crippen molar-refractivity contribution in [1.82, 2.24) is 0 Å². The molecule has 0 aliphatic carbocycles. The van der Waals surface area contributed by atoms with Gasteiger partial charge in [-0.1, -0.05) is 42.5 Å². The molecule has 2 aromatic rings. The number of aliphatic hydroxyl groups excluding tert-OH is 1. The van der Waals surface area contributed by atoms with Crippen LogP contribution in [0.25, 0.3) is 0 Å². The fraction of sp³-hybridized carbons (Fsp3) is 0.316. The highest BCUT2D eigenvalue weighted by Gasteiger charge is 2.42. The molecule has 3 rings (SSSR count). The van der Waals surface area contributed by atoms with E-state index in [0.29, 0.717) is 6.42 Å². The van der Waals surface area contributed by atoms with Crippen molar-refractivity contribution in [2.75, 3.05) is 11.9 Å².